The summed E-state index contributed by atoms with van der Waals surface area (Å²) in [6, 6.07) is 0. The first-order valence-electron chi connectivity index (χ1n) is 4.68. The van der Waals surface area contributed by atoms with E-state index in [0.717, 1.165) is 0 Å². The smallest absolute Gasteiger partial charge is 0.333 e. The summed E-state index contributed by atoms with van der Waals surface area (Å²) < 4.78 is 16.1. The summed E-state index contributed by atoms with van der Waals surface area (Å²) in [5, 5.41) is 0. The first kappa shape index (κ1) is 9.68. The Labute approximate surface area is 82.8 Å². The number of cyclic esters (lactones) is 1. The van der Waals surface area contributed by atoms with E-state index in [-0.39, 0.29) is 18.2 Å². The van der Waals surface area contributed by atoms with E-state index in [1.807, 2.05) is 13.8 Å². The van der Waals surface area contributed by atoms with Crippen LogP contribution in [0, 0.1) is 0 Å². The minimum Gasteiger partial charge on any atom is -0.456 e. The highest BCUT2D eigenvalue weighted by molar-refractivity contribution is 5.89. The Balaban J connectivity index is 1.99. The van der Waals surface area contributed by atoms with E-state index < -0.39 is 5.79 Å². The first-order chi connectivity index (χ1) is 6.48. The van der Waals surface area contributed by atoms with Gasteiger partial charge in [0.2, 0.25) is 0 Å². The van der Waals surface area contributed by atoms with Crippen LogP contribution in [-0.4, -0.2) is 30.6 Å². The van der Waals surface area contributed by atoms with Gasteiger partial charge in [-0.25, -0.2) is 4.79 Å². The van der Waals surface area contributed by atoms with E-state index in [9.17, 15) is 4.79 Å². The summed E-state index contributed by atoms with van der Waals surface area (Å²) in [7, 11) is 0. The van der Waals surface area contributed by atoms with Crippen molar-refractivity contribution in [2.24, 2.45) is 0 Å². The third-order valence-electron chi connectivity index (χ3n) is 2.44. The van der Waals surface area contributed by atoms with Crippen LogP contribution in [0.1, 0.15) is 20.3 Å². The maximum absolute atomic E-state index is 11.1. The topological polar surface area (TPSA) is 44.8 Å². The standard InChI is InChI=1S/C10H14O4/c1-6-4-7(13-9(6)11)8-5-12-10(2,3)14-8/h7-8H,1,4-5H2,2-3H3/t7-,8?/m1/s1. The lowest BCUT2D eigenvalue weighted by Gasteiger charge is -2.19. The van der Waals surface area contributed by atoms with Crippen molar-refractivity contribution < 1.29 is 19.0 Å². The molecule has 0 aromatic rings. The third-order valence-corrected chi connectivity index (χ3v) is 2.44. The Morgan fingerprint density at radius 3 is 2.57 bits per heavy atom. The monoisotopic (exact) mass is 198 g/mol. The molecule has 0 aliphatic carbocycles. The average molecular weight is 198 g/mol. The second-order valence-electron chi connectivity index (χ2n) is 4.12. The van der Waals surface area contributed by atoms with E-state index in [2.05, 4.69) is 6.58 Å². The number of carbonyl (C=O) groups is 1. The highest BCUT2D eigenvalue weighted by Crippen LogP contribution is 2.30. The molecule has 1 unspecified atom stereocenters. The molecule has 4 nitrogen and oxygen atoms in total. The molecule has 0 radical (unpaired) electrons. The summed E-state index contributed by atoms with van der Waals surface area (Å²) in [6.07, 6.45) is 0.160. The molecule has 0 amide bonds. The zero-order chi connectivity index (χ0) is 10.3. The molecule has 0 aromatic carbocycles. The summed E-state index contributed by atoms with van der Waals surface area (Å²) in [4.78, 5) is 11.1. The normalized spacial score (nSPS) is 36.1. The lowest BCUT2D eigenvalue weighted by molar-refractivity contribution is -0.161. The first-order valence-corrected chi connectivity index (χ1v) is 4.68. The molecule has 14 heavy (non-hydrogen) atoms. The van der Waals surface area contributed by atoms with Crippen molar-refractivity contribution in [3.05, 3.63) is 12.2 Å². The largest absolute Gasteiger partial charge is 0.456 e. The number of rotatable bonds is 1. The minimum absolute atomic E-state index is 0.159. The molecule has 2 atom stereocenters. The Kier molecular flexibility index (Phi) is 2.12. The van der Waals surface area contributed by atoms with E-state index in [1.54, 1.807) is 0 Å². The van der Waals surface area contributed by atoms with Crippen LogP contribution in [0.2, 0.25) is 0 Å². The van der Waals surface area contributed by atoms with Crippen LogP contribution in [0.25, 0.3) is 0 Å². The number of ether oxygens (including phenoxy) is 3. The number of esters is 1. The van der Waals surface area contributed by atoms with Crippen molar-refractivity contribution in [2.75, 3.05) is 6.61 Å². The van der Waals surface area contributed by atoms with Crippen molar-refractivity contribution in [1.82, 2.24) is 0 Å². The Bertz CT molecular complexity index is 266. The van der Waals surface area contributed by atoms with Crippen LogP contribution < -0.4 is 0 Å². The van der Waals surface area contributed by atoms with Gasteiger partial charge in [0.1, 0.15) is 12.2 Å². The fourth-order valence-electron chi connectivity index (χ4n) is 1.69. The molecule has 2 aliphatic heterocycles. The van der Waals surface area contributed by atoms with Gasteiger partial charge in [-0.05, 0) is 13.8 Å². The van der Waals surface area contributed by atoms with Gasteiger partial charge in [-0.2, -0.15) is 0 Å². The molecular formula is C10H14O4. The SMILES string of the molecule is C=C1C[C@H](C2COC(C)(C)O2)OC1=O. The fraction of sp³-hybridized carbons (Fsp3) is 0.700. The average Bonchev–Trinajstić information content (AvgIpc) is 2.57. The van der Waals surface area contributed by atoms with Gasteiger partial charge >= 0.3 is 5.97 Å². The highest BCUT2D eigenvalue weighted by Gasteiger charge is 2.42. The van der Waals surface area contributed by atoms with Gasteiger partial charge < -0.3 is 14.2 Å². The molecule has 78 valence electrons. The Hall–Kier alpha value is -0.870. The molecule has 0 saturated carbocycles. The molecule has 0 N–H and O–H groups in total. The molecule has 2 saturated heterocycles. The van der Waals surface area contributed by atoms with Crippen LogP contribution in [0.3, 0.4) is 0 Å². The second-order valence-corrected chi connectivity index (χ2v) is 4.12. The summed E-state index contributed by atoms with van der Waals surface area (Å²) >= 11 is 0. The van der Waals surface area contributed by atoms with Crippen molar-refractivity contribution in [3.63, 3.8) is 0 Å². The zero-order valence-electron chi connectivity index (χ0n) is 8.41. The maximum Gasteiger partial charge on any atom is 0.333 e. The molecule has 2 heterocycles. The Morgan fingerprint density at radius 2 is 2.14 bits per heavy atom. The van der Waals surface area contributed by atoms with Crippen molar-refractivity contribution in [2.45, 2.75) is 38.3 Å². The van der Waals surface area contributed by atoms with Crippen LogP contribution in [-0.2, 0) is 19.0 Å². The number of hydrogen-bond acceptors (Lipinski definition) is 4. The molecule has 2 rings (SSSR count). The quantitative estimate of drug-likeness (QED) is 0.466. The maximum atomic E-state index is 11.1. The van der Waals surface area contributed by atoms with Gasteiger partial charge in [-0.3, -0.25) is 0 Å². The van der Waals surface area contributed by atoms with Crippen LogP contribution >= 0.6 is 0 Å². The molecule has 0 bridgehead atoms. The molecule has 2 fully saturated rings. The van der Waals surface area contributed by atoms with Crippen molar-refractivity contribution in [3.8, 4) is 0 Å². The summed E-state index contributed by atoms with van der Waals surface area (Å²) in [5.41, 5.74) is 0.517. The second kappa shape index (κ2) is 3.07. The lowest BCUT2D eigenvalue weighted by atomic mass is 10.1. The molecular weight excluding hydrogens is 184 g/mol. The molecule has 0 spiro atoms. The van der Waals surface area contributed by atoms with Gasteiger partial charge in [0.05, 0.1) is 6.61 Å². The van der Waals surface area contributed by atoms with Gasteiger partial charge in [0.15, 0.2) is 5.79 Å². The van der Waals surface area contributed by atoms with Crippen LogP contribution in [0.4, 0.5) is 0 Å². The van der Waals surface area contributed by atoms with Gasteiger partial charge in [-0.1, -0.05) is 6.58 Å². The summed E-state index contributed by atoms with van der Waals surface area (Å²) in [6.45, 7) is 7.78. The van der Waals surface area contributed by atoms with E-state index in [0.29, 0.717) is 18.6 Å². The highest BCUT2D eigenvalue weighted by atomic mass is 16.8. The van der Waals surface area contributed by atoms with Crippen molar-refractivity contribution >= 4 is 5.97 Å². The fourth-order valence-corrected chi connectivity index (χ4v) is 1.69. The minimum atomic E-state index is -0.568. The molecule has 0 aromatic heterocycles. The van der Waals surface area contributed by atoms with Crippen LogP contribution in [0.5, 0.6) is 0 Å². The lowest BCUT2D eigenvalue weighted by Crippen LogP contribution is -2.30. The number of carbonyl (C=O) groups excluding carboxylic acids is 1. The predicted octanol–water partition coefficient (Wildman–Crippen LogP) is 1.01. The van der Waals surface area contributed by atoms with Crippen molar-refractivity contribution in [1.29, 1.82) is 0 Å². The third kappa shape index (κ3) is 1.67. The molecule has 4 heteroatoms. The zero-order valence-corrected chi connectivity index (χ0v) is 8.41. The van der Waals surface area contributed by atoms with E-state index in [4.69, 9.17) is 14.2 Å². The van der Waals surface area contributed by atoms with Gasteiger partial charge in [0.25, 0.3) is 0 Å². The van der Waals surface area contributed by atoms with Crippen LogP contribution in [0.15, 0.2) is 12.2 Å². The van der Waals surface area contributed by atoms with E-state index in [1.165, 1.54) is 0 Å². The predicted molar refractivity (Wildman–Crippen MR) is 48.5 cm³/mol. The van der Waals surface area contributed by atoms with Gasteiger partial charge in [0, 0.05) is 12.0 Å². The summed E-state index contributed by atoms with van der Waals surface area (Å²) in [5.74, 6) is -0.885. The molecule has 2 aliphatic rings. The van der Waals surface area contributed by atoms with Gasteiger partial charge in [-0.15, -0.1) is 0 Å². The Morgan fingerprint density at radius 1 is 1.43 bits per heavy atom. The van der Waals surface area contributed by atoms with E-state index >= 15 is 0 Å². The number of hydrogen-bond donors (Lipinski definition) is 0.